The van der Waals surface area contributed by atoms with Crippen LogP contribution in [0, 0.1) is 5.92 Å². The van der Waals surface area contributed by atoms with Crippen LogP contribution in [0.3, 0.4) is 0 Å². The number of anilines is 1. The number of nitrogens with one attached hydrogen (secondary N) is 1. The molecule has 0 aliphatic rings. The van der Waals surface area contributed by atoms with Crippen LogP contribution in [0.1, 0.15) is 37.8 Å². The molecule has 25 heavy (non-hydrogen) atoms. The van der Waals surface area contributed by atoms with Gasteiger partial charge in [0.2, 0.25) is 5.91 Å². The zero-order valence-corrected chi connectivity index (χ0v) is 15.6. The first-order chi connectivity index (χ1) is 11.9. The predicted octanol–water partition coefficient (Wildman–Crippen LogP) is 4.64. The van der Waals surface area contributed by atoms with Crippen molar-refractivity contribution in [1.82, 2.24) is 0 Å². The van der Waals surface area contributed by atoms with Gasteiger partial charge in [-0.2, -0.15) is 0 Å². The highest BCUT2D eigenvalue weighted by Crippen LogP contribution is 2.30. The molecule has 0 aliphatic heterocycles. The van der Waals surface area contributed by atoms with Crippen LogP contribution in [0.2, 0.25) is 0 Å². The van der Waals surface area contributed by atoms with Gasteiger partial charge in [0.05, 0.1) is 25.8 Å². The highest BCUT2D eigenvalue weighted by Gasteiger charge is 2.17. The first-order valence-electron chi connectivity index (χ1n) is 8.56. The molecule has 134 valence electrons. The number of hydrogen-bond donors (Lipinski definition) is 1. The minimum absolute atomic E-state index is 0.0694. The summed E-state index contributed by atoms with van der Waals surface area (Å²) in [5.41, 5.74) is 2.93. The van der Waals surface area contributed by atoms with Crippen LogP contribution < -0.4 is 14.8 Å². The summed E-state index contributed by atoms with van der Waals surface area (Å²) in [5.74, 6) is 1.56. The smallest absolute Gasteiger partial charge is 0.231 e. The molecule has 0 bridgehead atoms. The van der Waals surface area contributed by atoms with Crippen molar-refractivity contribution in [1.29, 1.82) is 0 Å². The summed E-state index contributed by atoms with van der Waals surface area (Å²) < 4.78 is 10.5. The SMILES string of the molecule is COc1ccc(NC(=O)[C@H](C)c2ccc(CC(C)C)cc2)c(OC)c1. The van der Waals surface area contributed by atoms with Crippen LogP contribution in [0.15, 0.2) is 42.5 Å². The molecule has 1 atom stereocenters. The van der Waals surface area contributed by atoms with E-state index in [-0.39, 0.29) is 11.8 Å². The summed E-state index contributed by atoms with van der Waals surface area (Å²) in [4.78, 5) is 12.6. The van der Waals surface area contributed by atoms with Gasteiger partial charge >= 0.3 is 0 Å². The van der Waals surface area contributed by atoms with Gasteiger partial charge in [-0.1, -0.05) is 38.1 Å². The Labute approximate surface area is 150 Å². The molecule has 1 N–H and O–H groups in total. The molecule has 0 saturated heterocycles. The average Bonchev–Trinajstić information content (AvgIpc) is 2.61. The Morgan fingerprint density at radius 1 is 1.00 bits per heavy atom. The van der Waals surface area contributed by atoms with Crippen LogP contribution in [-0.2, 0) is 11.2 Å². The van der Waals surface area contributed by atoms with Gasteiger partial charge in [0.25, 0.3) is 0 Å². The Bertz CT molecular complexity index is 708. The number of rotatable bonds is 7. The molecule has 0 fully saturated rings. The maximum Gasteiger partial charge on any atom is 0.231 e. The third-order valence-corrected chi connectivity index (χ3v) is 4.18. The topological polar surface area (TPSA) is 47.6 Å². The fourth-order valence-electron chi connectivity index (χ4n) is 2.71. The van der Waals surface area contributed by atoms with E-state index in [0.717, 1.165) is 12.0 Å². The fraction of sp³-hybridized carbons (Fsp3) is 0.381. The van der Waals surface area contributed by atoms with Crippen molar-refractivity contribution in [2.75, 3.05) is 19.5 Å². The number of amides is 1. The van der Waals surface area contributed by atoms with Gasteiger partial charge in [0.15, 0.2) is 0 Å². The number of ether oxygens (including phenoxy) is 2. The molecule has 0 saturated carbocycles. The van der Waals surface area contributed by atoms with Crippen molar-refractivity contribution in [2.24, 2.45) is 5.92 Å². The molecule has 0 heterocycles. The van der Waals surface area contributed by atoms with Crippen molar-refractivity contribution in [3.05, 3.63) is 53.6 Å². The van der Waals surface area contributed by atoms with E-state index >= 15 is 0 Å². The highest BCUT2D eigenvalue weighted by molar-refractivity contribution is 5.96. The molecular formula is C21H27NO3. The van der Waals surface area contributed by atoms with Crippen molar-refractivity contribution >= 4 is 11.6 Å². The Morgan fingerprint density at radius 3 is 2.24 bits per heavy atom. The lowest BCUT2D eigenvalue weighted by atomic mass is 9.96. The van der Waals surface area contributed by atoms with E-state index in [1.807, 2.05) is 19.1 Å². The monoisotopic (exact) mass is 341 g/mol. The van der Waals surface area contributed by atoms with Crippen LogP contribution >= 0.6 is 0 Å². The fourth-order valence-corrected chi connectivity index (χ4v) is 2.71. The molecule has 0 spiro atoms. The maximum atomic E-state index is 12.6. The molecule has 0 aliphatic carbocycles. The van der Waals surface area contributed by atoms with Crippen molar-refractivity contribution < 1.29 is 14.3 Å². The second-order valence-electron chi connectivity index (χ2n) is 6.62. The zero-order valence-electron chi connectivity index (χ0n) is 15.6. The summed E-state index contributed by atoms with van der Waals surface area (Å²) in [5, 5.41) is 2.94. The van der Waals surface area contributed by atoms with Gasteiger partial charge < -0.3 is 14.8 Å². The van der Waals surface area contributed by atoms with Crippen LogP contribution in [0.25, 0.3) is 0 Å². The van der Waals surface area contributed by atoms with Crippen molar-refractivity contribution in [3.63, 3.8) is 0 Å². The summed E-state index contributed by atoms with van der Waals surface area (Å²) in [6.07, 6.45) is 1.05. The summed E-state index contributed by atoms with van der Waals surface area (Å²) in [6, 6.07) is 13.6. The van der Waals surface area contributed by atoms with Gasteiger partial charge in [0, 0.05) is 6.07 Å². The quantitative estimate of drug-likeness (QED) is 0.798. The highest BCUT2D eigenvalue weighted by atomic mass is 16.5. The second-order valence-corrected chi connectivity index (χ2v) is 6.62. The largest absolute Gasteiger partial charge is 0.497 e. The third kappa shape index (κ3) is 4.99. The Kier molecular flexibility index (Phi) is 6.45. The van der Waals surface area contributed by atoms with Crippen LogP contribution in [-0.4, -0.2) is 20.1 Å². The van der Waals surface area contributed by atoms with Gasteiger partial charge in [-0.3, -0.25) is 4.79 Å². The second kappa shape index (κ2) is 8.56. The van der Waals surface area contributed by atoms with E-state index in [1.54, 1.807) is 32.4 Å². The average molecular weight is 341 g/mol. The number of benzene rings is 2. The molecule has 0 radical (unpaired) electrons. The standard InChI is InChI=1S/C21H27NO3/c1-14(2)12-16-6-8-17(9-7-16)15(3)21(23)22-19-11-10-18(24-4)13-20(19)25-5/h6-11,13-15H,12H2,1-5H3,(H,22,23)/t15-/m1/s1. The maximum absolute atomic E-state index is 12.6. The van der Waals surface area contributed by atoms with Gasteiger partial charge in [-0.15, -0.1) is 0 Å². The predicted molar refractivity (Wildman–Crippen MR) is 102 cm³/mol. The molecule has 4 heteroatoms. The summed E-state index contributed by atoms with van der Waals surface area (Å²) in [7, 11) is 3.17. The lowest BCUT2D eigenvalue weighted by Gasteiger charge is -2.16. The molecule has 2 rings (SSSR count). The third-order valence-electron chi connectivity index (χ3n) is 4.18. The normalized spacial score (nSPS) is 11.9. The van der Waals surface area contributed by atoms with Gasteiger partial charge in [-0.25, -0.2) is 0 Å². The van der Waals surface area contributed by atoms with E-state index in [1.165, 1.54) is 5.56 Å². The van der Waals surface area contributed by atoms with E-state index in [9.17, 15) is 4.79 Å². The van der Waals surface area contributed by atoms with Gasteiger partial charge in [0.1, 0.15) is 11.5 Å². The lowest BCUT2D eigenvalue weighted by molar-refractivity contribution is -0.117. The lowest BCUT2D eigenvalue weighted by Crippen LogP contribution is -2.19. The van der Waals surface area contributed by atoms with E-state index in [0.29, 0.717) is 23.1 Å². The Hall–Kier alpha value is -2.49. The van der Waals surface area contributed by atoms with E-state index < -0.39 is 0 Å². The van der Waals surface area contributed by atoms with Crippen molar-refractivity contribution in [2.45, 2.75) is 33.1 Å². The van der Waals surface area contributed by atoms with E-state index in [4.69, 9.17) is 9.47 Å². The molecule has 2 aromatic rings. The molecular weight excluding hydrogens is 314 g/mol. The minimum Gasteiger partial charge on any atom is -0.497 e. The minimum atomic E-state index is -0.250. The Balaban J connectivity index is 2.10. The number of carbonyl (C=O) groups excluding carboxylic acids is 1. The van der Waals surface area contributed by atoms with E-state index in [2.05, 4.69) is 31.3 Å². The number of carbonyl (C=O) groups is 1. The van der Waals surface area contributed by atoms with Crippen LogP contribution in [0.5, 0.6) is 11.5 Å². The molecule has 1 amide bonds. The number of methoxy groups -OCH3 is 2. The molecule has 0 unspecified atom stereocenters. The van der Waals surface area contributed by atoms with Crippen LogP contribution in [0.4, 0.5) is 5.69 Å². The Morgan fingerprint density at radius 2 is 1.68 bits per heavy atom. The van der Waals surface area contributed by atoms with Crippen molar-refractivity contribution in [3.8, 4) is 11.5 Å². The first kappa shape index (κ1) is 18.8. The molecule has 4 nitrogen and oxygen atoms in total. The summed E-state index contributed by atoms with van der Waals surface area (Å²) in [6.45, 7) is 6.31. The molecule has 0 aromatic heterocycles. The zero-order chi connectivity index (χ0) is 18.4. The van der Waals surface area contributed by atoms with Gasteiger partial charge in [-0.05, 0) is 42.5 Å². The first-order valence-corrected chi connectivity index (χ1v) is 8.56. The number of hydrogen-bond acceptors (Lipinski definition) is 3. The molecule has 2 aromatic carbocycles. The summed E-state index contributed by atoms with van der Waals surface area (Å²) >= 11 is 0.